The molecule has 1 N–H and O–H groups in total. The van der Waals surface area contributed by atoms with Gasteiger partial charge in [0.1, 0.15) is 5.72 Å². The fraction of sp³-hybridized carbons (Fsp3) is 1.00. The van der Waals surface area contributed by atoms with Crippen molar-refractivity contribution in [1.29, 1.82) is 0 Å². The molecular formula is C11H21NO. The van der Waals surface area contributed by atoms with Crippen molar-refractivity contribution in [2.24, 2.45) is 0 Å². The largest absolute Gasteiger partial charge is 0.354 e. The number of hydrogen-bond acceptors (Lipinski definition) is 2. The van der Waals surface area contributed by atoms with Crippen LogP contribution in [-0.4, -0.2) is 17.9 Å². The van der Waals surface area contributed by atoms with Crippen molar-refractivity contribution in [3.63, 3.8) is 0 Å². The lowest BCUT2D eigenvalue weighted by Crippen LogP contribution is -2.61. The summed E-state index contributed by atoms with van der Waals surface area (Å²) in [5.41, 5.74) is 0.274. The number of rotatable bonds is 2. The molecule has 0 aromatic rings. The van der Waals surface area contributed by atoms with Crippen molar-refractivity contribution in [1.82, 2.24) is 5.32 Å². The van der Waals surface area contributed by atoms with E-state index in [0.29, 0.717) is 0 Å². The van der Waals surface area contributed by atoms with Crippen molar-refractivity contribution in [3.05, 3.63) is 0 Å². The molecule has 76 valence electrons. The molecule has 1 heterocycles. The van der Waals surface area contributed by atoms with Crippen molar-refractivity contribution in [2.45, 2.75) is 63.7 Å². The summed E-state index contributed by atoms with van der Waals surface area (Å²) in [6.07, 6.45) is 7.33. The Balaban J connectivity index is 2.05. The molecule has 2 aliphatic rings. The minimum Gasteiger partial charge on any atom is -0.354 e. The third-order valence-electron chi connectivity index (χ3n) is 3.85. The van der Waals surface area contributed by atoms with Crippen LogP contribution in [0.15, 0.2) is 0 Å². The highest BCUT2D eigenvalue weighted by molar-refractivity contribution is 4.97. The van der Waals surface area contributed by atoms with Gasteiger partial charge in [-0.05, 0) is 38.5 Å². The molecule has 1 saturated carbocycles. The lowest BCUT2D eigenvalue weighted by Gasteiger charge is -2.53. The standard InChI is InChI=1S/C11H21NO/c1-3-11(4-2)12-9-8-10(13-11)6-5-7-10/h12H,3-9H2,1-2H3. The molecule has 2 nitrogen and oxygen atoms in total. The van der Waals surface area contributed by atoms with Crippen LogP contribution < -0.4 is 5.32 Å². The first-order valence-corrected chi connectivity index (χ1v) is 5.69. The van der Waals surface area contributed by atoms with E-state index < -0.39 is 0 Å². The van der Waals surface area contributed by atoms with Crippen molar-refractivity contribution < 1.29 is 4.74 Å². The van der Waals surface area contributed by atoms with Gasteiger partial charge in [0.25, 0.3) is 0 Å². The van der Waals surface area contributed by atoms with E-state index in [4.69, 9.17) is 4.74 Å². The molecule has 0 radical (unpaired) electrons. The SMILES string of the molecule is CCC1(CC)NCCC2(CCC2)O1. The second-order valence-electron chi connectivity index (χ2n) is 4.52. The van der Waals surface area contributed by atoms with Gasteiger partial charge in [-0.3, -0.25) is 5.32 Å². The first kappa shape index (κ1) is 9.47. The lowest BCUT2D eigenvalue weighted by atomic mass is 9.76. The van der Waals surface area contributed by atoms with E-state index in [9.17, 15) is 0 Å². The molecule has 1 aliphatic heterocycles. The van der Waals surface area contributed by atoms with Gasteiger partial charge < -0.3 is 4.74 Å². The molecule has 0 atom stereocenters. The molecular weight excluding hydrogens is 162 g/mol. The average Bonchev–Trinajstić information content (AvgIpc) is 2.15. The Morgan fingerprint density at radius 2 is 1.85 bits per heavy atom. The highest BCUT2D eigenvalue weighted by Crippen LogP contribution is 2.44. The molecule has 1 spiro atoms. The predicted molar refractivity (Wildman–Crippen MR) is 53.6 cm³/mol. The van der Waals surface area contributed by atoms with Gasteiger partial charge >= 0.3 is 0 Å². The summed E-state index contributed by atoms with van der Waals surface area (Å²) in [5, 5.41) is 3.53. The zero-order valence-corrected chi connectivity index (χ0v) is 8.86. The Morgan fingerprint density at radius 3 is 2.31 bits per heavy atom. The van der Waals surface area contributed by atoms with Gasteiger partial charge in [0.15, 0.2) is 0 Å². The quantitative estimate of drug-likeness (QED) is 0.710. The van der Waals surface area contributed by atoms with Crippen LogP contribution in [0.5, 0.6) is 0 Å². The van der Waals surface area contributed by atoms with Crippen LogP contribution in [0.1, 0.15) is 52.4 Å². The molecule has 0 unspecified atom stereocenters. The summed E-state index contributed by atoms with van der Waals surface area (Å²) in [5.74, 6) is 0. The molecule has 0 aromatic carbocycles. The maximum absolute atomic E-state index is 6.28. The van der Waals surface area contributed by atoms with Crippen LogP contribution in [0.3, 0.4) is 0 Å². The second-order valence-corrected chi connectivity index (χ2v) is 4.52. The summed E-state index contributed by atoms with van der Waals surface area (Å²) < 4.78 is 6.28. The fourth-order valence-corrected chi connectivity index (χ4v) is 2.59. The maximum atomic E-state index is 6.28. The minimum atomic E-state index is -0.00132. The molecule has 2 rings (SSSR count). The van der Waals surface area contributed by atoms with E-state index in [0.717, 1.165) is 19.4 Å². The Kier molecular flexibility index (Phi) is 2.37. The van der Waals surface area contributed by atoms with Gasteiger partial charge in [-0.15, -0.1) is 0 Å². The van der Waals surface area contributed by atoms with Gasteiger partial charge in [-0.2, -0.15) is 0 Å². The van der Waals surface area contributed by atoms with E-state index in [1.165, 1.54) is 25.7 Å². The van der Waals surface area contributed by atoms with Crippen LogP contribution >= 0.6 is 0 Å². The van der Waals surface area contributed by atoms with E-state index in [1.54, 1.807) is 0 Å². The molecule has 1 aliphatic carbocycles. The number of nitrogens with one attached hydrogen (secondary N) is 1. The van der Waals surface area contributed by atoms with Gasteiger partial charge in [0.05, 0.1) is 5.60 Å². The lowest BCUT2D eigenvalue weighted by molar-refractivity contribution is -0.233. The summed E-state index contributed by atoms with van der Waals surface area (Å²) >= 11 is 0. The van der Waals surface area contributed by atoms with Gasteiger partial charge in [0, 0.05) is 6.54 Å². The third kappa shape index (κ3) is 1.50. The molecule has 13 heavy (non-hydrogen) atoms. The predicted octanol–water partition coefficient (Wildman–Crippen LogP) is 2.44. The van der Waals surface area contributed by atoms with Crippen LogP contribution in [0.4, 0.5) is 0 Å². The van der Waals surface area contributed by atoms with E-state index in [-0.39, 0.29) is 11.3 Å². The third-order valence-corrected chi connectivity index (χ3v) is 3.85. The summed E-state index contributed by atoms with van der Waals surface area (Å²) in [4.78, 5) is 0. The average molecular weight is 183 g/mol. The van der Waals surface area contributed by atoms with Crippen molar-refractivity contribution >= 4 is 0 Å². The van der Waals surface area contributed by atoms with Crippen LogP contribution in [0.25, 0.3) is 0 Å². The molecule has 2 fully saturated rings. The second kappa shape index (κ2) is 3.25. The van der Waals surface area contributed by atoms with Gasteiger partial charge in [0.2, 0.25) is 0 Å². The highest BCUT2D eigenvalue weighted by Gasteiger charge is 2.47. The van der Waals surface area contributed by atoms with E-state index >= 15 is 0 Å². The zero-order chi connectivity index (χ0) is 9.36. The molecule has 2 heteroatoms. The molecule has 0 aromatic heterocycles. The maximum Gasteiger partial charge on any atom is 0.119 e. The zero-order valence-electron chi connectivity index (χ0n) is 8.86. The van der Waals surface area contributed by atoms with Crippen LogP contribution in [0, 0.1) is 0 Å². The Hall–Kier alpha value is -0.0800. The smallest absolute Gasteiger partial charge is 0.119 e. The molecule has 0 bridgehead atoms. The normalized spacial score (nSPS) is 30.0. The summed E-state index contributed by atoms with van der Waals surface area (Å²) in [6, 6.07) is 0. The van der Waals surface area contributed by atoms with Crippen LogP contribution in [0.2, 0.25) is 0 Å². The van der Waals surface area contributed by atoms with Gasteiger partial charge in [-0.25, -0.2) is 0 Å². The topological polar surface area (TPSA) is 21.3 Å². The number of ether oxygens (including phenoxy) is 1. The summed E-state index contributed by atoms with van der Waals surface area (Å²) in [6.45, 7) is 5.57. The monoisotopic (exact) mass is 183 g/mol. The first-order valence-electron chi connectivity index (χ1n) is 5.69. The molecule has 1 saturated heterocycles. The minimum absolute atomic E-state index is 0.00132. The summed E-state index contributed by atoms with van der Waals surface area (Å²) in [7, 11) is 0. The van der Waals surface area contributed by atoms with Crippen molar-refractivity contribution in [2.75, 3.05) is 6.54 Å². The highest BCUT2D eigenvalue weighted by atomic mass is 16.5. The van der Waals surface area contributed by atoms with Gasteiger partial charge in [-0.1, -0.05) is 13.8 Å². The Labute approximate surface area is 81.0 Å². The van der Waals surface area contributed by atoms with Crippen LogP contribution in [-0.2, 0) is 4.74 Å². The Morgan fingerprint density at radius 1 is 1.15 bits per heavy atom. The van der Waals surface area contributed by atoms with E-state index in [1.807, 2.05) is 0 Å². The fourth-order valence-electron chi connectivity index (χ4n) is 2.59. The molecule has 0 amide bonds. The first-order chi connectivity index (χ1) is 6.24. The number of hydrogen-bond donors (Lipinski definition) is 1. The Bertz CT molecular complexity index is 183. The van der Waals surface area contributed by atoms with Crippen molar-refractivity contribution in [3.8, 4) is 0 Å². The van der Waals surface area contributed by atoms with E-state index in [2.05, 4.69) is 19.2 Å².